The molecule has 0 atom stereocenters. The molecule has 3 aromatic rings. The third-order valence-electron chi connectivity index (χ3n) is 3.59. The van der Waals surface area contributed by atoms with Gasteiger partial charge in [0.2, 0.25) is 11.7 Å². The van der Waals surface area contributed by atoms with E-state index in [0.29, 0.717) is 33.8 Å². The number of amides is 1. The van der Waals surface area contributed by atoms with E-state index in [-0.39, 0.29) is 18.4 Å². The smallest absolute Gasteiger partial charge is 0.257 e. The fourth-order valence-electron chi connectivity index (χ4n) is 2.37. The minimum Gasteiger partial charge on any atom is -0.360 e. The first kappa shape index (κ1) is 17.2. The Hall–Kier alpha value is -2.67. The van der Waals surface area contributed by atoms with Gasteiger partial charge in [0.25, 0.3) is 5.91 Å². The van der Waals surface area contributed by atoms with Gasteiger partial charge in [-0.05, 0) is 19.1 Å². The number of nitrogens with zero attached hydrogens (tertiary/aromatic N) is 3. The molecule has 2 heterocycles. The maximum atomic E-state index is 12.4. The largest absolute Gasteiger partial charge is 0.360 e. The van der Waals surface area contributed by atoms with Crippen LogP contribution in [0, 0.1) is 6.92 Å². The minimum atomic E-state index is -0.287. The van der Waals surface area contributed by atoms with Crippen LogP contribution in [0.4, 0.5) is 0 Å². The summed E-state index contributed by atoms with van der Waals surface area (Å²) >= 11 is 5.96. The van der Waals surface area contributed by atoms with E-state index in [2.05, 4.69) is 20.6 Å². The molecule has 2 aromatic heterocycles. The van der Waals surface area contributed by atoms with Gasteiger partial charge >= 0.3 is 0 Å². The van der Waals surface area contributed by atoms with Crippen molar-refractivity contribution in [2.45, 2.75) is 33.2 Å². The summed E-state index contributed by atoms with van der Waals surface area (Å²) in [5.74, 6) is 1.03. The maximum absolute atomic E-state index is 12.4. The molecule has 0 fully saturated rings. The lowest BCUT2D eigenvalue weighted by Gasteiger charge is -2.05. The molecule has 7 nitrogen and oxygen atoms in total. The number of benzene rings is 1. The predicted octanol–water partition coefficient (Wildman–Crippen LogP) is 3.74. The number of aromatic nitrogens is 3. The Balaban J connectivity index is 1.71. The summed E-state index contributed by atoms with van der Waals surface area (Å²) in [6, 6.07) is 7.14. The maximum Gasteiger partial charge on any atom is 0.257 e. The van der Waals surface area contributed by atoms with Crippen LogP contribution in [0.2, 0.25) is 5.02 Å². The summed E-state index contributed by atoms with van der Waals surface area (Å²) in [6.45, 7) is 5.71. The molecule has 1 amide bonds. The van der Waals surface area contributed by atoms with E-state index in [0.717, 1.165) is 5.56 Å². The molecule has 1 aromatic carbocycles. The van der Waals surface area contributed by atoms with Crippen molar-refractivity contribution in [1.82, 2.24) is 20.6 Å². The summed E-state index contributed by atoms with van der Waals surface area (Å²) in [4.78, 5) is 16.7. The molecular weight excluding hydrogens is 344 g/mol. The molecule has 0 aliphatic heterocycles. The molecule has 8 heteroatoms. The Bertz CT molecular complexity index is 901. The topological polar surface area (TPSA) is 94.1 Å². The van der Waals surface area contributed by atoms with Crippen LogP contribution in [0.5, 0.6) is 0 Å². The van der Waals surface area contributed by atoms with Gasteiger partial charge in [-0.1, -0.05) is 47.9 Å². The predicted molar refractivity (Wildman–Crippen MR) is 91.2 cm³/mol. The highest BCUT2D eigenvalue weighted by Gasteiger charge is 2.22. The Morgan fingerprint density at radius 1 is 1.28 bits per heavy atom. The zero-order valence-corrected chi connectivity index (χ0v) is 14.8. The number of halogens is 1. The van der Waals surface area contributed by atoms with Crippen LogP contribution in [-0.2, 0) is 6.54 Å². The van der Waals surface area contributed by atoms with Crippen molar-refractivity contribution in [3.05, 3.63) is 52.2 Å². The van der Waals surface area contributed by atoms with Crippen LogP contribution in [0.25, 0.3) is 11.4 Å². The van der Waals surface area contributed by atoms with Gasteiger partial charge in [0.05, 0.1) is 12.2 Å². The van der Waals surface area contributed by atoms with Crippen molar-refractivity contribution in [2.24, 2.45) is 0 Å². The Morgan fingerprint density at radius 2 is 2.08 bits per heavy atom. The Kier molecular flexibility index (Phi) is 4.85. The average molecular weight is 361 g/mol. The first-order chi connectivity index (χ1) is 12.0. The Labute approximate surface area is 149 Å². The second-order valence-corrected chi connectivity index (χ2v) is 6.30. The molecule has 0 saturated heterocycles. The van der Waals surface area contributed by atoms with Crippen LogP contribution in [0.15, 0.2) is 33.3 Å². The number of aryl methyl sites for hydroxylation is 1. The zero-order chi connectivity index (χ0) is 18.0. The first-order valence-electron chi connectivity index (χ1n) is 7.78. The third-order valence-corrected chi connectivity index (χ3v) is 3.83. The van der Waals surface area contributed by atoms with E-state index in [1.54, 1.807) is 25.1 Å². The molecular formula is C17H17ClN4O3. The molecule has 3 rings (SSSR count). The summed E-state index contributed by atoms with van der Waals surface area (Å²) in [5.41, 5.74) is 1.74. The van der Waals surface area contributed by atoms with Gasteiger partial charge in [0.15, 0.2) is 5.76 Å². The van der Waals surface area contributed by atoms with E-state index in [4.69, 9.17) is 20.6 Å². The average Bonchev–Trinajstić information content (AvgIpc) is 3.19. The van der Waals surface area contributed by atoms with Crippen molar-refractivity contribution >= 4 is 17.5 Å². The van der Waals surface area contributed by atoms with E-state index >= 15 is 0 Å². The summed E-state index contributed by atoms with van der Waals surface area (Å²) < 4.78 is 10.4. The molecule has 1 N–H and O–H groups in total. The number of carbonyl (C=O) groups excluding carboxylic acids is 1. The normalized spacial score (nSPS) is 11.1. The molecule has 0 aliphatic rings. The van der Waals surface area contributed by atoms with Gasteiger partial charge in [-0.25, -0.2) is 0 Å². The van der Waals surface area contributed by atoms with E-state index in [1.807, 2.05) is 19.9 Å². The lowest BCUT2D eigenvalue weighted by Crippen LogP contribution is -2.24. The van der Waals surface area contributed by atoms with Crippen LogP contribution in [0.3, 0.4) is 0 Å². The minimum absolute atomic E-state index is 0.0554. The lowest BCUT2D eigenvalue weighted by atomic mass is 10.0. The number of nitrogens with one attached hydrogen (secondary N) is 1. The summed E-state index contributed by atoms with van der Waals surface area (Å²) in [7, 11) is 0. The Morgan fingerprint density at radius 3 is 2.80 bits per heavy atom. The molecule has 0 bridgehead atoms. The quantitative estimate of drug-likeness (QED) is 0.744. The summed E-state index contributed by atoms with van der Waals surface area (Å²) in [5, 5.41) is 11.1. The van der Waals surface area contributed by atoms with Crippen LogP contribution >= 0.6 is 11.6 Å². The van der Waals surface area contributed by atoms with Gasteiger partial charge < -0.3 is 14.4 Å². The summed E-state index contributed by atoms with van der Waals surface area (Å²) in [6.07, 6.45) is 0. The van der Waals surface area contributed by atoms with Gasteiger partial charge in [-0.3, -0.25) is 4.79 Å². The van der Waals surface area contributed by atoms with Gasteiger partial charge in [-0.2, -0.15) is 4.98 Å². The second kappa shape index (κ2) is 7.06. The number of carbonyl (C=O) groups is 1. The number of hydrogen-bond donors (Lipinski definition) is 1. The molecule has 0 radical (unpaired) electrons. The number of hydrogen-bond acceptors (Lipinski definition) is 6. The fraction of sp³-hybridized carbons (Fsp3) is 0.294. The zero-order valence-electron chi connectivity index (χ0n) is 14.0. The molecule has 25 heavy (non-hydrogen) atoms. The SMILES string of the molecule is Cc1noc(C(C)C)c1C(=O)NCc1nc(-c2cccc(Cl)c2)no1. The van der Waals surface area contributed by atoms with Crippen LogP contribution in [-0.4, -0.2) is 21.2 Å². The van der Waals surface area contributed by atoms with Crippen molar-refractivity contribution in [1.29, 1.82) is 0 Å². The van der Waals surface area contributed by atoms with Crippen molar-refractivity contribution in [3.63, 3.8) is 0 Å². The van der Waals surface area contributed by atoms with Gasteiger partial charge in [0, 0.05) is 16.5 Å². The van der Waals surface area contributed by atoms with E-state index < -0.39 is 0 Å². The highest BCUT2D eigenvalue weighted by molar-refractivity contribution is 6.30. The fourth-order valence-corrected chi connectivity index (χ4v) is 2.56. The number of rotatable bonds is 5. The van der Waals surface area contributed by atoms with Crippen LogP contribution < -0.4 is 5.32 Å². The van der Waals surface area contributed by atoms with E-state index in [9.17, 15) is 4.79 Å². The van der Waals surface area contributed by atoms with Crippen molar-refractivity contribution in [2.75, 3.05) is 0 Å². The molecule has 0 spiro atoms. The van der Waals surface area contributed by atoms with Gasteiger partial charge in [0.1, 0.15) is 5.56 Å². The van der Waals surface area contributed by atoms with Crippen molar-refractivity contribution < 1.29 is 13.8 Å². The second-order valence-electron chi connectivity index (χ2n) is 5.87. The lowest BCUT2D eigenvalue weighted by molar-refractivity contribution is 0.0943. The molecule has 130 valence electrons. The van der Waals surface area contributed by atoms with Gasteiger partial charge in [-0.15, -0.1) is 0 Å². The highest BCUT2D eigenvalue weighted by Crippen LogP contribution is 2.22. The third kappa shape index (κ3) is 3.71. The molecule has 0 saturated carbocycles. The van der Waals surface area contributed by atoms with Crippen LogP contribution in [0.1, 0.15) is 47.5 Å². The van der Waals surface area contributed by atoms with E-state index in [1.165, 1.54) is 0 Å². The first-order valence-corrected chi connectivity index (χ1v) is 8.16. The standard InChI is InChI=1S/C17H17ClN4O3/c1-9(2)15-14(10(3)21-25-15)17(23)19-8-13-20-16(22-24-13)11-5-4-6-12(18)7-11/h4-7,9H,8H2,1-3H3,(H,19,23). The monoisotopic (exact) mass is 360 g/mol. The molecule has 0 unspecified atom stereocenters. The highest BCUT2D eigenvalue weighted by atomic mass is 35.5. The molecule has 0 aliphatic carbocycles. The van der Waals surface area contributed by atoms with Crippen molar-refractivity contribution in [3.8, 4) is 11.4 Å².